The van der Waals surface area contributed by atoms with Gasteiger partial charge < -0.3 is 14.4 Å². The second kappa shape index (κ2) is 7.10. The summed E-state index contributed by atoms with van der Waals surface area (Å²) in [5.41, 5.74) is 0.0660. The minimum absolute atomic E-state index is 0.379. The van der Waals surface area contributed by atoms with E-state index in [-0.39, 0.29) is 5.60 Å². The Bertz CT molecular complexity index is 723. The molecule has 1 unspecified atom stereocenters. The van der Waals surface area contributed by atoms with Crippen molar-refractivity contribution in [3.8, 4) is 0 Å². The van der Waals surface area contributed by atoms with E-state index < -0.39 is 5.60 Å². The smallest absolute Gasteiger partial charge is 0.229 e. The first-order chi connectivity index (χ1) is 12.6. The topological polar surface area (TPSA) is 71.6 Å². The number of hydrogen-bond acceptors (Lipinski definition) is 6. The van der Waals surface area contributed by atoms with Gasteiger partial charge in [0, 0.05) is 20.2 Å². The van der Waals surface area contributed by atoms with Gasteiger partial charge in [-0.1, -0.05) is 35.5 Å². The summed E-state index contributed by atoms with van der Waals surface area (Å²) in [7, 11) is 1.70. The average Bonchev–Trinajstić information content (AvgIpc) is 3.03. The van der Waals surface area contributed by atoms with Crippen molar-refractivity contribution in [3.05, 3.63) is 47.6 Å². The third kappa shape index (κ3) is 3.54. The molecule has 2 heterocycles. The molecular formula is C20H27N3O3. The molecule has 1 atom stereocenters. The molecule has 0 bridgehead atoms. The van der Waals surface area contributed by atoms with Crippen LogP contribution in [0.15, 0.2) is 34.9 Å². The molecule has 2 aromatic rings. The fourth-order valence-corrected chi connectivity index (χ4v) is 4.14. The first-order valence-electron chi connectivity index (χ1n) is 9.48. The maximum Gasteiger partial charge on any atom is 0.229 e. The fourth-order valence-electron chi connectivity index (χ4n) is 4.14. The van der Waals surface area contributed by atoms with Gasteiger partial charge in [-0.05, 0) is 44.2 Å². The lowest BCUT2D eigenvalue weighted by molar-refractivity contribution is -0.0858. The van der Waals surface area contributed by atoms with Crippen LogP contribution < -0.4 is 0 Å². The summed E-state index contributed by atoms with van der Waals surface area (Å²) in [6, 6.07) is 10.4. The molecule has 6 heteroatoms. The fraction of sp³-hybridized carbons (Fsp3) is 0.600. The molecule has 0 amide bonds. The summed E-state index contributed by atoms with van der Waals surface area (Å²) in [5.74, 6) is 1.13. The van der Waals surface area contributed by atoms with Crippen molar-refractivity contribution in [2.45, 2.75) is 56.3 Å². The maximum absolute atomic E-state index is 11.1. The lowest BCUT2D eigenvalue weighted by Crippen LogP contribution is -2.49. The number of benzene rings is 1. The van der Waals surface area contributed by atoms with Crippen LogP contribution in [-0.2, 0) is 23.3 Å². The predicted molar refractivity (Wildman–Crippen MR) is 96.4 cm³/mol. The zero-order valence-corrected chi connectivity index (χ0v) is 15.4. The van der Waals surface area contributed by atoms with Crippen LogP contribution in [0.3, 0.4) is 0 Å². The lowest BCUT2D eigenvalue weighted by atomic mass is 9.79. The van der Waals surface area contributed by atoms with Gasteiger partial charge in [0.2, 0.25) is 11.7 Å². The molecule has 2 aliphatic rings. The number of methoxy groups -OCH3 is 1. The van der Waals surface area contributed by atoms with Gasteiger partial charge >= 0.3 is 0 Å². The number of aromatic nitrogens is 2. The van der Waals surface area contributed by atoms with E-state index in [1.807, 2.05) is 6.07 Å². The SMILES string of the molecule is COC1(c2noc(CC3(O)CCCN(Cc4ccccc4)C3)n2)CCC1. The molecule has 26 heavy (non-hydrogen) atoms. The highest BCUT2D eigenvalue weighted by atomic mass is 16.5. The standard InChI is InChI=1S/C20H27N3O3/c1-25-20(10-5-11-20)18-21-17(26-22-18)13-19(24)9-6-12-23(15-19)14-16-7-3-2-4-8-16/h2-4,7-8,24H,5-6,9-15H2,1H3. The van der Waals surface area contributed by atoms with E-state index in [4.69, 9.17) is 9.26 Å². The predicted octanol–water partition coefficient (Wildman–Crippen LogP) is 2.66. The Labute approximate surface area is 154 Å². The largest absolute Gasteiger partial charge is 0.388 e. The normalized spacial score (nSPS) is 25.8. The third-order valence-corrected chi connectivity index (χ3v) is 5.79. The van der Waals surface area contributed by atoms with Gasteiger partial charge in [-0.25, -0.2) is 0 Å². The average molecular weight is 357 g/mol. The summed E-state index contributed by atoms with van der Waals surface area (Å²) in [6.07, 6.45) is 5.09. The van der Waals surface area contributed by atoms with Gasteiger partial charge in [0.15, 0.2) is 0 Å². The van der Waals surface area contributed by atoms with Crippen LogP contribution in [0.25, 0.3) is 0 Å². The molecule has 1 aliphatic heterocycles. The van der Waals surface area contributed by atoms with Crippen molar-refractivity contribution in [3.63, 3.8) is 0 Å². The van der Waals surface area contributed by atoms with Gasteiger partial charge in [-0.2, -0.15) is 4.98 Å². The second-order valence-corrected chi connectivity index (χ2v) is 7.76. The molecule has 1 aromatic heterocycles. The van der Waals surface area contributed by atoms with Crippen LogP contribution in [0, 0.1) is 0 Å². The Morgan fingerprint density at radius 3 is 2.69 bits per heavy atom. The van der Waals surface area contributed by atoms with E-state index in [0.717, 1.165) is 45.2 Å². The molecule has 1 saturated carbocycles. The van der Waals surface area contributed by atoms with Crippen LogP contribution in [0.1, 0.15) is 49.4 Å². The molecule has 6 nitrogen and oxygen atoms in total. The van der Waals surface area contributed by atoms with Crippen molar-refractivity contribution in [2.75, 3.05) is 20.2 Å². The summed E-state index contributed by atoms with van der Waals surface area (Å²) in [6.45, 7) is 2.47. The Hall–Kier alpha value is -1.76. The van der Waals surface area contributed by atoms with Crippen molar-refractivity contribution in [1.82, 2.24) is 15.0 Å². The molecule has 1 N–H and O–H groups in total. The van der Waals surface area contributed by atoms with Gasteiger partial charge in [0.1, 0.15) is 5.60 Å². The minimum atomic E-state index is -0.823. The van der Waals surface area contributed by atoms with Gasteiger partial charge in [-0.3, -0.25) is 4.90 Å². The highest BCUT2D eigenvalue weighted by Crippen LogP contribution is 2.42. The summed E-state index contributed by atoms with van der Waals surface area (Å²) in [4.78, 5) is 6.85. The molecule has 1 aliphatic carbocycles. The highest BCUT2D eigenvalue weighted by molar-refractivity contribution is 5.15. The van der Waals surface area contributed by atoms with Crippen LogP contribution in [0.4, 0.5) is 0 Å². The number of nitrogens with zero attached hydrogens (tertiary/aromatic N) is 3. The molecule has 140 valence electrons. The van der Waals surface area contributed by atoms with Crippen LogP contribution in [0.5, 0.6) is 0 Å². The number of rotatable bonds is 6. The first-order valence-corrected chi connectivity index (χ1v) is 9.48. The zero-order chi connectivity index (χ0) is 18.0. The van der Waals surface area contributed by atoms with Gasteiger partial charge in [0.25, 0.3) is 0 Å². The van der Waals surface area contributed by atoms with Crippen molar-refractivity contribution < 1.29 is 14.4 Å². The highest BCUT2D eigenvalue weighted by Gasteiger charge is 2.44. The van der Waals surface area contributed by atoms with E-state index in [0.29, 0.717) is 24.7 Å². The first kappa shape index (κ1) is 17.6. The molecule has 1 aromatic carbocycles. The van der Waals surface area contributed by atoms with Crippen molar-refractivity contribution in [2.24, 2.45) is 0 Å². The van der Waals surface area contributed by atoms with Gasteiger partial charge in [0.05, 0.1) is 12.0 Å². The zero-order valence-electron chi connectivity index (χ0n) is 15.4. The number of likely N-dealkylation sites (tertiary alicyclic amines) is 1. The van der Waals surface area contributed by atoms with E-state index in [9.17, 15) is 5.11 Å². The van der Waals surface area contributed by atoms with E-state index in [2.05, 4.69) is 39.3 Å². The number of β-amino-alcohol motifs (C(OH)–C–C–N with tert-alkyl or cyclic N) is 1. The number of aliphatic hydroxyl groups is 1. The molecule has 4 rings (SSSR count). The molecule has 2 fully saturated rings. The second-order valence-electron chi connectivity index (χ2n) is 7.76. The minimum Gasteiger partial charge on any atom is -0.388 e. The number of ether oxygens (including phenoxy) is 1. The monoisotopic (exact) mass is 357 g/mol. The summed E-state index contributed by atoms with van der Waals surface area (Å²) < 4.78 is 11.1. The van der Waals surface area contributed by atoms with E-state index in [1.54, 1.807) is 7.11 Å². The quantitative estimate of drug-likeness (QED) is 0.857. The summed E-state index contributed by atoms with van der Waals surface area (Å²) in [5, 5.41) is 15.2. The van der Waals surface area contributed by atoms with Crippen molar-refractivity contribution >= 4 is 0 Å². The molecule has 0 spiro atoms. The Morgan fingerprint density at radius 2 is 2.00 bits per heavy atom. The Morgan fingerprint density at radius 1 is 1.19 bits per heavy atom. The molecular weight excluding hydrogens is 330 g/mol. The lowest BCUT2D eigenvalue weighted by Gasteiger charge is -2.38. The third-order valence-electron chi connectivity index (χ3n) is 5.79. The van der Waals surface area contributed by atoms with Crippen LogP contribution in [-0.4, -0.2) is 45.9 Å². The number of piperidine rings is 1. The molecule has 0 radical (unpaired) electrons. The Balaban J connectivity index is 1.41. The van der Waals surface area contributed by atoms with E-state index >= 15 is 0 Å². The van der Waals surface area contributed by atoms with E-state index in [1.165, 1.54) is 5.56 Å². The number of hydrogen-bond donors (Lipinski definition) is 1. The summed E-state index contributed by atoms with van der Waals surface area (Å²) >= 11 is 0. The molecule has 1 saturated heterocycles. The Kier molecular flexibility index (Phi) is 4.82. The van der Waals surface area contributed by atoms with Gasteiger partial charge in [-0.15, -0.1) is 0 Å². The van der Waals surface area contributed by atoms with Crippen molar-refractivity contribution in [1.29, 1.82) is 0 Å². The maximum atomic E-state index is 11.1. The van der Waals surface area contributed by atoms with Crippen LogP contribution >= 0.6 is 0 Å². The van der Waals surface area contributed by atoms with Crippen LogP contribution in [0.2, 0.25) is 0 Å².